The third-order valence-corrected chi connectivity index (χ3v) is 12.0. The molecule has 1 aromatic heterocycles. The molecule has 11 rings (SSSR count). The smallest absolute Gasteiger partial charge is 0.0434 e. The van der Waals surface area contributed by atoms with Crippen molar-refractivity contribution in [2.45, 2.75) is 0 Å². The van der Waals surface area contributed by atoms with Gasteiger partial charge in [-0.1, -0.05) is 158 Å². The second kappa shape index (κ2) is 11.1. The van der Waals surface area contributed by atoms with Crippen LogP contribution in [0.3, 0.4) is 0 Å². The Hall–Kier alpha value is -6.28. The zero-order chi connectivity index (χ0) is 33.5. The van der Waals surface area contributed by atoms with E-state index in [0.717, 1.165) is 0 Å². The second-order valence-corrected chi connectivity index (χ2v) is 14.6. The number of fused-ring (bicyclic) bond motifs is 9. The largest absolute Gasteiger partial charge is 0.135 e. The molecule has 0 N–H and O–H groups in total. The number of benzene rings is 10. The Labute approximate surface area is 299 Å². The van der Waals surface area contributed by atoms with E-state index in [1.807, 2.05) is 11.3 Å². The van der Waals surface area contributed by atoms with E-state index in [4.69, 9.17) is 0 Å². The van der Waals surface area contributed by atoms with Gasteiger partial charge < -0.3 is 0 Å². The SMILES string of the molecule is c1ccc(-c2cc3ccc4ccccc4c3cc2-c2c3ccccc3c(-c3cccc4c3sc3cc5ccccc5cc34)c3ccccc23)cc1. The molecule has 0 aliphatic carbocycles. The highest BCUT2D eigenvalue weighted by Crippen LogP contribution is 2.50. The fourth-order valence-electron chi connectivity index (χ4n) is 8.51. The molecule has 0 amide bonds. The summed E-state index contributed by atoms with van der Waals surface area (Å²) in [6, 6.07) is 67.6. The minimum atomic E-state index is 1.22. The van der Waals surface area contributed by atoms with Gasteiger partial charge in [-0.05, 0) is 106 Å². The van der Waals surface area contributed by atoms with E-state index in [-0.39, 0.29) is 0 Å². The maximum Gasteiger partial charge on any atom is 0.0434 e. The van der Waals surface area contributed by atoms with E-state index in [1.165, 1.54) is 107 Å². The van der Waals surface area contributed by atoms with Crippen molar-refractivity contribution < 1.29 is 0 Å². The van der Waals surface area contributed by atoms with Crippen LogP contribution in [-0.4, -0.2) is 0 Å². The molecule has 0 spiro atoms. The van der Waals surface area contributed by atoms with Gasteiger partial charge in [-0.3, -0.25) is 0 Å². The Kier molecular flexibility index (Phi) is 6.22. The zero-order valence-corrected chi connectivity index (χ0v) is 28.5. The first kappa shape index (κ1) is 28.5. The molecule has 0 aliphatic heterocycles. The lowest BCUT2D eigenvalue weighted by atomic mass is 9.82. The molecular formula is C50H30S. The van der Waals surface area contributed by atoms with Crippen LogP contribution in [0.4, 0.5) is 0 Å². The summed E-state index contributed by atoms with van der Waals surface area (Å²) in [6.07, 6.45) is 0. The lowest BCUT2D eigenvalue weighted by Gasteiger charge is -2.21. The van der Waals surface area contributed by atoms with Crippen LogP contribution in [0, 0.1) is 0 Å². The summed E-state index contributed by atoms with van der Waals surface area (Å²) in [5.74, 6) is 0. The second-order valence-electron chi connectivity index (χ2n) is 13.6. The highest BCUT2D eigenvalue weighted by atomic mass is 32.1. The van der Waals surface area contributed by atoms with Crippen LogP contribution < -0.4 is 0 Å². The molecule has 0 radical (unpaired) electrons. The van der Waals surface area contributed by atoms with Crippen molar-refractivity contribution in [1.82, 2.24) is 0 Å². The molecule has 11 aromatic rings. The molecule has 1 heterocycles. The summed E-state index contributed by atoms with van der Waals surface area (Å²) < 4.78 is 2.67. The van der Waals surface area contributed by atoms with Crippen molar-refractivity contribution in [1.29, 1.82) is 0 Å². The number of rotatable bonds is 3. The van der Waals surface area contributed by atoms with Crippen LogP contribution in [0.5, 0.6) is 0 Å². The molecule has 1 heteroatoms. The summed E-state index contributed by atoms with van der Waals surface area (Å²) in [5.41, 5.74) is 7.62. The van der Waals surface area contributed by atoms with Crippen LogP contribution in [0.2, 0.25) is 0 Å². The van der Waals surface area contributed by atoms with Crippen LogP contribution in [0.15, 0.2) is 182 Å². The summed E-state index contributed by atoms with van der Waals surface area (Å²) >= 11 is 1.92. The van der Waals surface area contributed by atoms with Gasteiger partial charge in [0.2, 0.25) is 0 Å². The van der Waals surface area contributed by atoms with Gasteiger partial charge in [0, 0.05) is 25.7 Å². The van der Waals surface area contributed by atoms with Gasteiger partial charge in [0.25, 0.3) is 0 Å². The average Bonchev–Trinajstić information content (AvgIpc) is 3.56. The van der Waals surface area contributed by atoms with Gasteiger partial charge in [0.1, 0.15) is 0 Å². The van der Waals surface area contributed by atoms with Crippen molar-refractivity contribution in [2.75, 3.05) is 0 Å². The number of thiophene rings is 1. The van der Waals surface area contributed by atoms with Crippen molar-refractivity contribution >= 4 is 85.4 Å². The normalized spacial score (nSPS) is 11.9. The predicted octanol–water partition coefficient (Wildman–Crippen LogP) is 14.8. The van der Waals surface area contributed by atoms with Crippen LogP contribution >= 0.6 is 11.3 Å². The minimum Gasteiger partial charge on any atom is -0.135 e. The Morgan fingerprint density at radius 1 is 0.275 bits per heavy atom. The Balaban J connectivity index is 1.28. The van der Waals surface area contributed by atoms with Crippen molar-refractivity contribution in [3.05, 3.63) is 182 Å². The standard InChI is InChI=1S/C50H30S/c1-2-13-31(14-3-1)43-28-35-26-25-32-15-6-7-18-36(32)44(35)30-46(43)49-39-21-10-8-19-37(39)48(38-20-9-11-22-40(38)49)42-24-12-23-41-45-27-33-16-4-5-17-34(33)29-47(45)51-50(41)42/h1-30H. The lowest BCUT2D eigenvalue weighted by molar-refractivity contribution is 1.63. The summed E-state index contributed by atoms with van der Waals surface area (Å²) in [6.45, 7) is 0. The minimum absolute atomic E-state index is 1.22. The Morgan fingerprint density at radius 2 is 0.824 bits per heavy atom. The zero-order valence-electron chi connectivity index (χ0n) is 27.7. The quantitative estimate of drug-likeness (QED) is 0.130. The summed E-state index contributed by atoms with van der Waals surface area (Å²) in [5, 5.41) is 15.4. The van der Waals surface area contributed by atoms with Gasteiger partial charge in [0.15, 0.2) is 0 Å². The van der Waals surface area contributed by atoms with Crippen LogP contribution in [-0.2, 0) is 0 Å². The van der Waals surface area contributed by atoms with Crippen molar-refractivity contribution in [2.24, 2.45) is 0 Å². The Bertz CT molecular complexity index is 3130. The highest BCUT2D eigenvalue weighted by Gasteiger charge is 2.22. The van der Waals surface area contributed by atoms with E-state index in [9.17, 15) is 0 Å². The summed E-state index contributed by atoms with van der Waals surface area (Å²) in [7, 11) is 0. The number of hydrogen-bond acceptors (Lipinski definition) is 1. The monoisotopic (exact) mass is 662 g/mol. The van der Waals surface area contributed by atoms with E-state index in [2.05, 4.69) is 182 Å². The van der Waals surface area contributed by atoms with Gasteiger partial charge in [-0.25, -0.2) is 0 Å². The molecule has 0 atom stereocenters. The van der Waals surface area contributed by atoms with E-state index in [1.54, 1.807) is 0 Å². The van der Waals surface area contributed by atoms with E-state index >= 15 is 0 Å². The van der Waals surface area contributed by atoms with Gasteiger partial charge in [-0.15, -0.1) is 11.3 Å². The fraction of sp³-hybridized carbons (Fsp3) is 0. The average molecular weight is 663 g/mol. The molecule has 10 aromatic carbocycles. The van der Waals surface area contributed by atoms with Gasteiger partial charge in [-0.2, -0.15) is 0 Å². The first-order valence-electron chi connectivity index (χ1n) is 17.6. The maximum atomic E-state index is 2.46. The van der Waals surface area contributed by atoms with Crippen LogP contribution in [0.25, 0.3) is 107 Å². The predicted molar refractivity (Wildman–Crippen MR) is 223 cm³/mol. The molecule has 0 nitrogen and oxygen atoms in total. The Morgan fingerprint density at radius 3 is 1.53 bits per heavy atom. The van der Waals surface area contributed by atoms with E-state index in [0.29, 0.717) is 0 Å². The first-order valence-corrected chi connectivity index (χ1v) is 18.4. The molecule has 0 aliphatic rings. The van der Waals surface area contributed by atoms with Gasteiger partial charge in [0.05, 0.1) is 0 Å². The first-order chi connectivity index (χ1) is 25.3. The number of hydrogen-bond donors (Lipinski definition) is 0. The molecule has 0 fully saturated rings. The highest BCUT2D eigenvalue weighted by molar-refractivity contribution is 7.26. The van der Waals surface area contributed by atoms with Crippen molar-refractivity contribution in [3.8, 4) is 33.4 Å². The van der Waals surface area contributed by atoms with Gasteiger partial charge >= 0.3 is 0 Å². The third kappa shape index (κ3) is 4.32. The molecule has 0 saturated carbocycles. The molecule has 51 heavy (non-hydrogen) atoms. The van der Waals surface area contributed by atoms with E-state index < -0.39 is 0 Å². The fourth-order valence-corrected chi connectivity index (χ4v) is 9.76. The third-order valence-electron chi connectivity index (χ3n) is 10.8. The molecule has 0 saturated heterocycles. The molecular weight excluding hydrogens is 633 g/mol. The van der Waals surface area contributed by atoms with Crippen molar-refractivity contribution in [3.63, 3.8) is 0 Å². The maximum absolute atomic E-state index is 2.46. The molecule has 0 bridgehead atoms. The lowest BCUT2D eigenvalue weighted by Crippen LogP contribution is -1.93. The molecule has 236 valence electrons. The van der Waals surface area contributed by atoms with Crippen LogP contribution in [0.1, 0.15) is 0 Å². The summed E-state index contributed by atoms with van der Waals surface area (Å²) in [4.78, 5) is 0. The topological polar surface area (TPSA) is 0 Å². The molecule has 0 unspecified atom stereocenters.